The highest BCUT2D eigenvalue weighted by Gasteiger charge is 2.23. The van der Waals surface area contributed by atoms with E-state index in [2.05, 4.69) is 22.3 Å². The summed E-state index contributed by atoms with van der Waals surface area (Å²) in [6.07, 6.45) is 4.45. The number of rotatable bonds is 7. The fourth-order valence-electron chi connectivity index (χ4n) is 4.42. The topological polar surface area (TPSA) is 59.5 Å². The molecule has 0 atom stereocenters. The Labute approximate surface area is 181 Å². The van der Waals surface area contributed by atoms with Gasteiger partial charge in [0.15, 0.2) is 0 Å². The highest BCUT2D eigenvalue weighted by atomic mass is 32.1. The van der Waals surface area contributed by atoms with Crippen molar-refractivity contribution in [3.05, 3.63) is 46.1 Å². The summed E-state index contributed by atoms with van der Waals surface area (Å²) < 4.78 is 11.0. The number of hydrogen-bond donors (Lipinski definition) is 1. The Morgan fingerprint density at radius 3 is 2.90 bits per heavy atom. The Kier molecular flexibility index (Phi) is 5.84. The van der Waals surface area contributed by atoms with Crippen LogP contribution in [0.2, 0.25) is 0 Å². The molecule has 3 heterocycles. The van der Waals surface area contributed by atoms with Crippen LogP contribution in [0.1, 0.15) is 28.2 Å². The van der Waals surface area contributed by atoms with Crippen LogP contribution in [-0.2, 0) is 30.5 Å². The molecule has 1 saturated heterocycles. The molecule has 0 radical (unpaired) electrons. The minimum absolute atomic E-state index is 0.781. The van der Waals surface area contributed by atoms with Crippen molar-refractivity contribution in [3.8, 4) is 5.75 Å². The van der Waals surface area contributed by atoms with Gasteiger partial charge in [0.25, 0.3) is 0 Å². The second kappa shape index (κ2) is 8.88. The summed E-state index contributed by atoms with van der Waals surface area (Å²) in [5.74, 6) is 2.85. The van der Waals surface area contributed by atoms with Crippen LogP contribution < -0.4 is 10.1 Å². The van der Waals surface area contributed by atoms with E-state index in [0.29, 0.717) is 0 Å². The van der Waals surface area contributed by atoms with E-state index in [0.717, 1.165) is 74.5 Å². The third kappa shape index (κ3) is 4.02. The van der Waals surface area contributed by atoms with Gasteiger partial charge in [0, 0.05) is 24.5 Å². The third-order valence-electron chi connectivity index (χ3n) is 5.96. The van der Waals surface area contributed by atoms with Crippen molar-refractivity contribution in [2.24, 2.45) is 0 Å². The van der Waals surface area contributed by atoms with E-state index in [9.17, 15) is 0 Å². The molecule has 0 unspecified atom stereocenters. The maximum atomic E-state index is 5.50. The van der Waals surface area contributed by atoms with Crippen LogP contribution >= 0.6 is 11.3 Å². The van der Waals surface area contributed by atoms with Gasteiger partial charge in [-0.15, -0.1) is 11.3 Å². The lowest BCUT2D eigenvalue weighted by atomic mass is 10.1. The number of ether oxygens (including phenoxy) is 2. The molecule has 30 heavy (non-hydrogen) atoms. The van der Waals surface area contributed by atoms with Crippen molar-refractivity contribution in [1.29, 1.82) is 0 Å². The summed E-state index contributed by atoms with van der Waals surface area (Å²) in [4.78, 5) is 15.0. The summed E-state index contributed by atoms with van der Waals surface area (Å²) in [5.41, 5.74) is 2.68. The van der Waals surface area contributed by atoms with Crippen LogP contribution in [0.3, 0.4) is 0 Å². The Bertz CT molecular complexity index is 1030. The molecule has 3 aromatic rings. The van der Waals surface area contributed by atoms with Gasteiger partial charge in [0.2, 0.25) is 0 Å². The highest BCUT2D eigenvalue weighted by molar-refractivity contribution is 7.19. The largest absolute Gasteiger partial charge is 0.496 e. The van der Waals surface area contributed by atoms with E-state index >= 15 is 0 Å². The summed E-state index contributed by atoms with van der Waals surface area (Å²) >= 11 is 1.86. The Morgan fingerprint density at radius 1 is 1.17 bits per heavy atom. The standard InChI is InChI=1S/C23H28N4O2S/c1-28-18-7-3-2-5-16(18)9-10-24-22-21-17-6-4-8-19(17)30-23(21)26-20(25-22)15-27-11-13-29-14-12-27/h2-3,5,7H,4,6,8-15H2,1H3,(H,24,25,26). The van der Waals surface area contributed by atoms with Crippen molar-refractivity contribution >= 4 is 27.4 Å². The van der Waals surface area contributed by atoms with Gasteiger partial charge >= 0.3 is 0 Å². The van der Waals surface area contributed by atoms with Crippen molar-refractivity contribution in [1.82, 2.24) is 14.9 Å². The molecule has 0 saturated carbocycles. The van der Waals surface area contributed by atoms with E-state index in [-0.39, 0.29) is 0 Å². The number of aromatic nitrogens is 2. The first-order chi connectivity index (χ1) is 14.8. The molecule has 1 aliphatic heterocycles. The van der Waals surface area contributed by atoms with Crippen molar-refractivity contribution < 1.29 is 9.47 Å². The summed E-state index contributed by atoms with van der Waals surface area (Å²) in [7, 11) is 1.73. The first kappa shape index (κ1) is 19.7. The highest BCUT2D eigenvalue weighted by Crippen LogP contribution is 2.39. The van der Waals surface area contributed by atoms with Gasteiger partial charge < -0.3 is 14.8 Å². The maximum Gasteiger partial charge on any atom is 0.146 e. The number of aryl methyl sites for hydroxylation is 2. The first-order valence-electron chi connectivity index (χ1n) is 10.8. The predicted molar refractivity (Wildman–Crippen MR) is 121 cm³/mol. The molecular weight excluding hydrogens is 396 g/mol. The van der Waals surface area contributed by atoms with E-state index in [1.54, 1.807) is 7.11 Å². The molecule has 5 rings (SSSR count). The predicted octanol–water partition coefficient (Wildman–Crippen LogP) is 3.68. The normalized spacial score (nSPS) is 16.7. The van der Waals surface area contributed by atoms with Crippen LogP contribution in [0.4, 0.5) is 5.82 Å². The van der Waals surface area contributed by atoms with Gasteiger partial charge in [0.05, 0.1) is 32.3 Å². The number of morpholine rings is 1. The zero-order chi connectivity index (χ0) is 20.3. The maximum absolute atomic E-state index is 5.50. The second-order valence-corrected chi connectivity index (χ2v) is 8.99. The van der Waals surface area contributed by atoms with E-state index in [1.165, 1.54) is 34.2 Å². The molecule has 0 amide bonds. The van der Waals surface area contributed by atoms with Crippen molar-refractivity contribution in [3.63, 3.8) is 0 Å². The number of nitrogens with one attached hydrogen (secondary N) is 1. The van der Waals surface area contributed by atoms with E-state index < -0.39 is 0 Å². The molecule has 1 aromatic carbocycles. The van der Waals surface area contributed by atoms with Gasteiger partial charge in [-0.05, 0) is 42.9 Å². The van der Waals surface area contributed by atoms with Crippen molar-refractivity contribution in [2.75, 3.05) is 45.3 Å². The number of thiophene rings is 1. The van der Waals surface area contributed by atoms with E-state index in [1.807, 2.05) is 23.5 Å². The zero-order valence-corrected chi connectivity index (χ0v) is 18.3. The van der Waals surface area contributed by atoms with Crippen LogP contribution in [0.25, 0.3) is 10.2 Å². The number of methoxy groups -OCH3 is 1. The first-order valence-corrected chi connectivity index (χ1v) is 11.6. The molecule has 0 spiro atoms. The third-order valence-corrected chi connectivity index (χ3v) is 7.14. The van der Waals surface area contributed by atoms with Gasteiger partial charge in [0.1, 0.15) is 22.2 Å². The monoisotopic (exact) mass is 424 g/mol. The second-order valence-electron chi connectivity index (χ2n) is 7.90. The van der Waals surface area contributed by atoms with Crippen LogP contribution in [0, 0.1) is 0 Å². The van der Waals surface area contributed by atoms with Gasteiger partial charge in [-0.1, -0.05) is 18.2 Å². The SMILES string of the molecule is COc1ccccc1CCNc1nc(CN2CCOCC2)nc2sc3c(c12)CCC3. The molecule has 0 bridgehead atoms. The van der Waals surface area contributed by atoms with Crippen LogP contribution in [0.15, 0.2) is 24.3 Å². The number of nitrogens with zero attached hydrogens (tertiary/aromatic N) is 3. The molecule has 2 aliphatic rings. The van der Waals surface area contributed by atoms with Gasteiger partial charge in [-0.3, -0.25) is 4.90 Å². The Balaban J connectivity index is 1.40. The lowest BCUT2D eigenvalue weighted by Gasteiger charge is -2.25. The number of anilines is 1. The summed E-state index contributed by atoms with van der Waals surface area (Å²) in [6, 6.07) is 8.22. The molecule has 2 aromatic heterocycles. The summed E-state index contributed by atoms with van der Waals surface area (Å²) in [6.45, 7) is 5.06. The molecular formula is C23H28N4O2S. The molecule has 1 N–H and O–H groups in total. The molecule has 1 aliphatic carbocycles. The summed E-state index contributed by atoms with van der Waals surface area (Å²) in [5, 5.41) is 4.89. The van der Waals surface area contributed by atoms with Gasteiger partial charge in [-0.25, -0.2) is 9.97 Å². The van der Waals surface area contributed by atoms with E-state index in [4.69, 9.17) is 19.4 Å². The molecule has 158 valence electrons. The number of fused-ring (bicyclic) bond motifs is 3. The Hall–Kier alpha value is -2.22. The quantitative estimate of drug-likeness (QED) is 0.624. The fourth-order valence-corrected chi connectivity index (χ4v) is 5.70. The number of para-hydroxylation sites is 1. The van der Waals surface area contributed by atoms with Crippen molar-refractivity contribution in [2.45, 2.75) is 32.2 Å². The minimum Gasteiger partial charge on any atom is -0.496 e. The Morgan fingerprint density at radius 2 is 2.03 bits per heavy atom. The fraction of sp³-hybridized carbons (Fsp3) is 0.478. The lowest BCUT2D eigenvalue weighted by molar-refractivity contribution is 0.0331. The lowest BCUT2D eigenvalue weighted by Crippen LogP contribution is -2.36. The van der Waals surface area contributed by atoms with Gasteiger partial charge in [-0.2, -0.15) is 0 Å². The molecule has 7 heteroatoms. The number of hydrogen-bond acceptors (Lipinski definition) is 7. The number of benzene rings is 1. The average Bonchev–Trinajstić information content (AvgIpc) is 3.36. The molecule has 6 nitrogen and oxygen atoms in total. The van der Waals surface area contributed by atoms with Crippen LogP contribution in [0.5, 0.6) is 5.75 Å². The molecule has 1 fully saturated rings. The zero-order valence-electron chi connectivity index (χ0n) is 17.4. The minimum atomic E-state index is 0.781. The van der Waals surface area contributed by atoms with Crippen LogP contribution in [-0.4, -0.2) is 54.8 Å². The average molecular weight is 425 g/mol. The smallest absolute Gasteiger partial charge is 0.146 e.